The molecule has 0 aromatic heterocycles. The van der Waals surface area contributed by atoms with Gasteiger partial charge in [-0.25, -0.2) is 4.79 Å². The van der Waals surface area contributed by atoms with Crippen LogP contribution in [0.5, 0.6) is 0 Å². The van der Waals surface area contributed by atoms with E-state index in [1.807, 2.05) is 0 Å². The molecule has 1 saturated heterocycles. The fourth-order valence-electron chi connectivity index (χ4n) is 1.99. The molecular weight excluding hydrogens is 278 g/mol. The van der Waals surface area contributed by atoms with Gasteiger partial charge >= 0.3 is 12.0 Å². The molecule has 1 fully saturated rings. The van der Waals surface area contributed by atoms with Crippen molar-refractivity contribution in [3.8, 4) is 0 Å². The van der Waals surface area contributed by atoms with Gasteiger partial charge in [0.1, 0.15) is 12.1 Å². The maximum absolute atomic E-state index is 12.1. The summed E-state index contributed by atoms with van der Waals surface area (Å²) in [7, 11) is 0. The summed E-state index contributed by atoms with van der Waals surface area (Å²) in [5.41, 5.74) is -0.964. The number of carbonyl (C=O) groups is 4. The second-order valence-corrected chi connectivity index (χ2v) is 5.51. The van der Waals surface area contributed by atoms with E-state index >= 15 is 0 Å². The molecule has 0 aromatic rings. The molecule has 1 aliphatic heterocycles. The second kappa shape index (κ2) is 6.55. The maximum Gasteiger partial charge on any atom is 0.325 e. The Balaban J connectivity index is 2.50. The molecule has 8 nitrogen and oxygen atoms in total. The van der Waals surface area contributed by atoms with Crippen LogP contribution >= 0.6 is 0 Å². The van der Waals surface area contributed by atoms with E-state index < -0.39 is 29.4 Å². The first-order valence-electron chi connectivity index (χ1n) is 6.82. The number of nitrogens with zero attached hydrogens (tertiary/aromatic N) is 1. The molecule has 0 radical (unpaired) electrons. The SMILES string of the molecule is CCC1(C)NC(=O)N(CC(=O)NCC(C)CC(=O)O)C1=O. The van der Waals surface area contributed by atoms with Gasteiger partial charge in [0.15, 0.2) is 0 Å². The molecule has 1 heterocycles. The average molecular weight is 299 g/mol. The predicted molar refractivity (Wildman–Crippen MR) is 73.4 cm³/mol. The van der Waals surface area contributed by atoms with Gasteiger partial charge < -0.3 is 15.7 Å². The van der Waals surface area contributed by atoms with Crippen molar-refractivity contribution < 1.29 is 24.3 Å². The first-order chi connectivity index (χ1) is 9.69. The lowest BCUT2D eigenvalue weighted by atomic mass is 9.99. The van der Waals surface area contributed by atoms with Crippen LogP contribution < -0.4 is 10.6 Å². The van der Waals surface area contributed by atoms with Crippen molar-refractivity contribution in [3.05, 3.63) is 0 Å². The monoisotopic (exact) mass is 299 g/mol. The van der Waals surface area contributed by atoms with Crippen molar-refractivity contribution in [2.75, 3.05) is 13.1 Å². The topological polar surface area (TPSA) is 116 Å². The zero-order chi connectivity index (χ0) is 16.2. The standard InChI is InChI=1S/C13H21N3O5/c1-4-13(3)11(20)16(12(21)15-13)7-9(17)14-6-8(2)5-10(18)19/h8H,4-7H2,1-3H3,(H,14,17)(H,15,21)(H,18,19). The van der Waals surface area contributed by atoms with E-state index in [0.29, 0.717) is 6.42 Å². The van der Waals surface area contributed by atoms with E-state index in [1.165, 1.54) is 0 Å². The minimum atomic E-state index is -0.964. The van der Waals surface area contributed by atoms with Crippen molar-refractivity contribution in [2.45, 2.75) is 39.2 Å². The molecule has 2 atom stereocenters. The summed E-state index contributed by atoms with van der Waals surface area (Å²) in [6.07, 6.45) is 0.378. The molecule has 4 amide bonds. The van der Waals surface area contributed by atoms with E-state index in [1.54, 1.807) is 20.8 Å². The number of carboxylic acids is 1. The molecule has 2 unspecified atom stereocenters. The summed E-state index contributed by atoms with van der Waals surface area (Å²) in [6, 6.07) is -0.585. The molecule has 0 spiro atoms. The summed E-state index contributed by atoms with van der Waals surface area (Å²) in [5, 5.41) is 13.7. The minimum absolute atomic E-state index is 0.0582. The second-order valence-electron chi connectivity index (χ2n) is 5.51. The Labute approximate surface area is 122 Å². The highest BCUT2D eigenvalue weighted by Crippen LogP contribution is 2.20. The fraction of sp³-hybridized carbons (Fsp3) is 0.692. The molecule has 118 valence electrons. The van der Waals surface area contributed by atoms with E-state index in [2.05, 4.69) is 10.6 Å². The third kappa shape index (κ3) is 4.17. The molecule has 21 heavy (non-hydrogen) atoms. The van der Waals surface area contributed by atoms with Crippen molar-refractivity contribution >= 4 is 23.8 Å². The van der Waals surface area contributed by atoms with Crippen molar-refractivity contribution in [2.24, 2.45) is 5.92 Å². The van der Waals surface area contributed by atoms with Crippen LogP contribution in [0.15, 0.2) is 0 Å². The van der Waals surface area contributed by atoms with Gasteiger partial charge in [-0.1, -0.05) is 13.8 Å². The lowest BCUT2D eigenvalue weighted by Gasteiger charge is -2.19. The number of hydrogen-bond acceptors (Lipinski definition) is 4. The molecule has 3 N–H and O–H groups in total. The highest BCUT2D eigenvalue weighted by Gasteiger charge is 2.46. The molecule has 1 rings (SSSR count). The number of hydrogen-bond donors (Lipinski definition) is 3. The lowest BCUT2D eigenvalue weighted by Crippen LogP contribution is -2.45. The van der Waals surface area contributed by atoms with Crippen LogP contribution in [0.2, 0.25) is 0 Å². The van der Waals surface area contributed by atoms with Gasteiger partial charge in [0.25, 0.3) is 5.91 Å². The fourth-order valence-corrected chi connectivity index (χ4v) is 1.99. The largest absolute Gasteiger partial charge is 0.481 e. The molecule has 0 aromatic carbocycles. The number of nitrogens with one attached hydrogen (secondary N) is 2. The number of amides is 4. The van der Waals surface area contributed by atoms with Crippen LogP contribution in [0.3, 0.4) is 0 Å². The maximum atomic E-state index is 12.1. The number of rotatable bonds is 7. The van der Waals surface area contributed by atoms with Crippen LogP contribution in [-0.4, -0.2) is 52.4 Å². The summed E-state index contributed by atoms with van der Waals surface area (Å²) in [4.78, 5) is 46.9. The third-order valence-electron chi connectivity index (χ3n) is 3.52. The minimum Gasteiger partial charge on any atom is -0.481 e. The highest BCUT2D eigenvalue weighted by atomic mass is 16.4. The first kappa shape index (κ1) is 16.9. The van der Waals surface area contributed by atoms with E-state index in [9.17, 15) is 19.2 Å². The first-order valence-corrected chi connectivity index (χ1v) is 6.82. The van der Waals surface area contributed by atoms with E-state index in [4.69, 9.17) is 5.11 Å². The number of imide groups is 1. The van der Waals surface area contributed by atoms with Gasteiger partial charge in [0.05, 0.1) is 0 Å². The Morgan fingerprint density at radius 1 is 1.43 bits per heavy atom. The zero-order valence-electron chi connectivity index (χ0n) is 12.4. The molecule has 0 bridgehead atoms. The van der Waals surface area contributed by atoms with Crippen molar-refractivity contribution in [3.63, 3.8) is 0 Å². The smallest absolute Gasteiger partial charge is 0.325 e. The Morgan fingerprint density at radius 2 is 2.05 bits per heavy atom. The van der Waals surface area contributed by atoms with Crippen molar-refractivity contribution in [1.82, 2.24) is 15.5 Å². The van der Waals surface area contributed by atoms with Crippen LogP contribution in [0.25, 0.3) is 0 Å². The van der Waals surface area contributed by atoms with Gasteiger partial charge in [-0.05, 0) is 19.3 Å². The van der Waals surface area contributed by atoms with Gasteiger partial charge in [-0.3, -0.25) is 19.3 Å². The Kier molecular flexibility index (Phi) is 5.28. The molecule has 8 heteroatoms. The summed E-state index contributed by atoms with van der Waals surface area (Å²) < 4.78 is 0. The predicted octanol–water partition coefficient (Wildman–Crippen LogP) is -0.0661. The molecule has 0 saturated carbocycles. The number of carboxylic acid groups (broad SMARTS) is 1. The average Bonchev–Trinajstić information content (AvgIpc) is 2.60. The third-order valence-corrected chi connectivity index (χ3v) is 3.52. The van der Waals surface area contributed by atoms with Gasteiger partial charge in [-0.15, -0.1) is 0 Å². The highest BCUT2D eigenvalue weighted by molar-refractivity contribution is 6.08. The van der Waals surface area contributed by atoms with Crippen LogP contribution in [0, 0.1) is 5.92 Å². The summed E-state index contributed by atoms with van der Waals surface area (Å²) in [6.45, 7) is 4.89. The van der Waals surface area contributed by atoms with Gasteiger partial charge in [0, 0.05) is 13.0 Å². The Hall–Kier alpha value is -2.12. The van der Waals surface area contributed by atoms with E-state index in [-0.39, 0.29) is 25.4 Å². The molecule has 0 aliphatic carbocycles. The Morgan fingerprint density at radius 3 is 2.52 bits per heavy atom. The van der Waals surface area contributed by atoms with Crippen LogP contribution in [-0.2, 0) is 14.4 Å². The summed E-state index contributed by atoms with van der Waals surface area (Å²) >= 11 is 0. The lowest BCUT2D eigenvalue weighted by molar-refractivity contribution is -0.138. The summed E-state index contributed by atoms with van der Waals surface area (Å²) in [5.74, 6) is -2.08. The zero-order valence-corrected chi connectivity index (χ0v) is 12.4. The van der Waals surface area contributed by atoms with Gasteiger partial charge in [-0.2, -0.15) is 0 Å². The van der Waals surface area contributed by atoms with E-state index in [0.717, 1.165) is 4.90 Å². The van der Waals surface area contributed by atoms with Crippen molar-refractivity contribution in [1.29, 1.82) is 0 Å². The number of carbonyl (C=O) groups excluding carboxylic acids is 3. The number of aliphatic carboxylic acids is 1. The molecule has 1 aliphatic rings. The van der Waals surface area contributed by atoms with Crippen LogP contribution in [0.1, 0.15) is 33.6 Å². The molecular formula is C13H21N3O5. The normalized spacial score (nSPS) is 22.9. The van der Waals surface area contributed by atoms with Crippen LogP contribution in [0.4, 0.5) is 4.79 Å². The quantitative estimate of drug-likeness (QED) is 0.569. The Bertz CT molecular complexity index is 465. The van der Waals surface area contributed by atoms with Gasteiger partial charge in [0.2, 0.25) is 5.91 Å². The number of urea groups is 1.